The molecule has 258 valence electrons. The predicted molar refractivity (Wildman–Crippen MR) is 180 cm³/mol. The van der Waals surface area contributed by atoms with Gasteiger partial charge in [-0.2, -0.15) is 5.10 Å². The van der Waals surface area contributed by atoms with Gasteiger partial charge in [-0.25, -0.2) is 19.4 Å². The highest BCUT2D eigenvalue weighted by atomic mass is 19.1. The maximum atomic E-state index is 14.2. The van der Waals surface area contributed by atoms with Crippen molar-refractivity contribution in [3.8, 4) is 23.0 Å². The molecule has 0 unspecified atom stereocenters. The zero-order valence-corrected chi connectivity index (χ0v) is 27.8. The molecule has 0 radical (unpaired) electrons. The largest absolute Gasteiger partial charge is 0.493 e. The molecule has 0 spiro atoms. The van der Waals surface area contributed by atoms with Crippen LogP contribution in [0.3, 0.4) is 0 Å². The summed E-state index contributed by atoms with van der Waals surface area (Å²) in [6.45, 7) is 9.11. The lowest BCUT2D eigenvalue weighted by atomic mass is 9.95. The smallest absolute Gasteiger partial charge is 0.338 e. The number of carbonyl (C=O) groups is 3. The fraction of sp³-hybridized carbons (Fsp3) is 0.278. The second-order valence-electron chi connectivity index (χ2n) is 10.6. The number of nitrogens with one attached hydrogen (secondary N) is 3. The van der Waals surface area contributed by atoms with Crippen LogP contribution in [0, 0.1) is 5.82 Å². The van der Waals surface area contributed by atoms with Crippen LogP contribution in [0.25, 0.3) is 0 Å². The number of amides is 3. The summed E-state index contributed by atoms with van der Waals surface area (Å²) in [4.78, 5) is 37.5. The van der Waals surface area contributed by atoms with E-state index in [0.717, 1.165) is 5.56 Å². The number of ether oxygens (including phenoxy) is 5. The molecule has 0 saturated carbocycles. The summed E-state index contributed by atoms with van der Waals surface area (Å²) < 4.78 is 42.4. The lowest BCUT2D eigenvalue weighted by Gasteiger charge is -2.28. The first-order valence-electron chi connectivity index (χ1n) is 15.5. The quantitative estimate of drug-likeness (QED) is 0.0808. The molecule has 1 heterocycles. The third kappa shape index (κ3) is 9.37. The Hall–Kier alpha value is -5.85. The normalized spacial score (nSPS) is 14.1. The number of carbonyl (C=O) groups excluding carboxylic acids is 3. The van der Waals surface area contributed by atoms with Crippen molar-refractivity contribution < 1.29 is 42.5 Å². The number of urea groups is 1. The van der Waals surface area contributed by atoms with Crippen LogP contribution in [0.15, 0.2) is 83.6 Å². The van der Waals surface area contributed by atoms with E-state index in [0.29, 0.717) is 46.9 Å². The second-order valence-corrected chi connectivity index (χ2v) is 10.6. The van der Waals surface area contributed by atoms with Crippen molar-refractivity contribution >= 4 is 24.1 Å². The van der Waals surface area contributed by atoms with Crippen LogP contribution < -0.4 is 35.0 Å². The first-order valence-corrected chi connectivity index (χ1v) is 15.5. The maximum Gasteiger partial charge on any atom is 0.338 e. The Kier molecular flexibility index (Phi) is 12.7. The molecule has 1 atom stereocenters. The molecule has 3 N–H and O–H groups in total. The van der Waals surface area contributed by atoms with E-state index in [9.17, 15) is 18.8 Å². The molecule has 0 fully saturated rings. The Morgan fingerprint density at radius 3 is 2.51 bits per heavy atom. The molecular formula is C36H39FN4O8. The molecule has 1 aliphatic heterocycles. The molecule has 49 heavy (non-hydrogen) atoms. The minimum Gasteiger partial charge on any atom is -0.493 e. The molecule has 0 aliphatic carbocycles. The topological polar surface area (TPSA) is 146 Å². The van der Waals surface area contributed by atoms with Crippen molar-refractivity contribution in [2.45, 2.75) is 39.8 Å². The van der Waals surface area contributed by atoms with Crippen molar-refractivity contribution in [1.29, 1.82) is 0 Å². The average Bonchev–Trinajstić information content (AvgIpc) is 3.07. The molecule has 12 nitrogen and oxygen atoms in total. The number of hydrogen-bond acceptors (Lipinski definition) is 9. The van der Waals surface area contributed by atoms with Gasteiger partial charge in [-0.1, -0.05) is 30.3 Å². The van der Waals surface area contributed by atoms with E-state index in [-0.39, 0.29) is 42.7 Å². The monoisotopic (exact) mass is 674 g/mol. The van der Waals surface area contributed by atoms with Gasteiger partial charge in [-0.15, -0.1) is 6.58 Å². The van der Waals surface area contributed by atoms with E-state index >= 15 is 0 Å². The highest BCUT2D eigenvalue weighted by Gasteiger charge is 2.32. The van der Waals surface area contributed by atoms with Gasteiger partial charge in [0.25, 0.3) is 5.91 Å². The molecule has 4 rings (SSSR count). The molecule has 3 aromatic carbocycles. The van der Waals surface area contributed by atoms with Crippen molar-refractivity contribution in [3.05, 3.63) is 107 Å². The minimum atomic E-state index is -0.795. The van der Waals surface area contributed by atoms with Gasteiger partial charge < -0.3 is 34.3 Å². The van der Waals surface area contributed by atoms with Gasteiger partial charge in [0.05, 0.1) is 38.2 Å². The summed E-state index contributed by atoms with van der Waals surface area (Å²) in [7, 11) is 1.43. The third-order valence-electron chi connectivity index (χ3n) is 7.20. The highest BCUT2D eigenvalue weighted by molar-refractivity contribution is 5.95. The summed E-state index contributed by atoms with van der Waals surface area (Å²) in [5.41, 5.74) is 5.37. The molecule has 0 aromatic heterocycles. The van der Waals surface area contributed by atoms with Crippen LogP contribution in [-0.4, -0.2) is 51.1 Å². The number of allylic oxidation sites excluding steroid dienone is 2. The van der Waals surface area contributed by atoms with Gasteiger partial charge in [-0.3, -0.25) is 4.79 Å². The minimum absolute atomic E-state index is 0.00781. The van der Waals surface area contributed by atoms with Crippen LogP contribution in [-0.2, 0) is 27.4 Å². The highest BCUT2D eigenvalue weighted by Crippen LogP contribution is 2.36. The van der Waals surface area contributed by atoms with E-state index < -0.39 is 23.9 Å². The summed E-state index contributed by atoms with van der Waals surface area (Å²) in [5.74, 6) is -0.0434. The van der Waals surface area contributed by atoms with E-state index in [4.69, 9.17) is 23.7 Å². The lowest BCUT2D eigenvalue weighted by Crippen LogP contribution is -2.45. The summed E-state index contributed by atoms with van der Waals surface area (Å²) in [5, 5.41) is 9.38. The average molecular weight is 675 g/mol. The Labute approximate surface area is 283 Å². The second kappa shape index (κ2) is 17.3. The zero-order valence-electron chi connectivity index (χ0n) is 27.8. The first-order chi connectivity index (χ1) is 23.7. The number of nitrogens with zero attached hydrogens (tertiary/aromatic N) is 1. The van der Waals surface area contributed by atoms with Crippen LogP contribution >= 0.6 is 0 Å². The molecule has 1 aliphatic rings. The Morgan fingerprint density at radius 1 is 1.00 bits per heavy atom. The predicted octanol–water partition coefficient (Wildman–Crippen LogP) is 5.26. The van der Waals surface area contributed by atoms with Crippen molar-refractivity contribution in [2.75, 3.05) is 26.9 Å². The lowest BCUT2D eigenvalue weighted by molar-refractivity contribution is -0.139. The first kappa shape index (κ1) is 36.0. The fourth-order valence-electron chi connectivity index (χ4n) is 5.02. The van der Waals surface area contributed by atoms with Gasteiger partial charge in [-0.05, 0) is 68.7 Å². The maximum absolute atomic E-state index is 14.2. The Morgan fingerprint density at radius 2 is 1.80 bits per heavy atom. The van der Waals surface area contributed by atoms with Crippen LogP contribution in [0.5, 0.6) is 23.0 Å². The van der Waals surface area contributed by atoms with Gasteiger partial charge in [0, 0.05) is 16.8 Å². The van der Waals surface area contributed by atoms with Gasteiger partial charge in [0.15, 0.2) is 29.6 Å². The SMILES string of the molecule is C=CCc1cc(/C=N\NC(=O)COc2ccc([C@H]3NC(=O)NC(C)=C3C(=O)OCC)cc2OC)cc(OCC)c1OCc1ccccc1F. The Balaban J connectivity index is 1.43. The Bertz CT molecular complexity index is 1760. The summed E-state index contributed by atoms with van der Waals surface area (Å²) in [6.07, 6.45) is 3.60. The molecule has 0 bridgehead atoms. The van der Waals surface area contributed by atoms with E-state index in [1.165, 1.54) is 19.4 Å². The summed E-state index contributed by atoms with van der Waals surface area (Å²) in [6, 6.07) is 13.5. The fourth-order valence-corrected chi connectivity index (χ4v) is 5.02. The van der Waals surface area contributed by atoms with Crippen LogP contribution in [0.1, 0.15) is 49.1 Å². The van der Waals surface area contributed by atoms with Crippen molar-refractivity contribution in [2.24, 2.45) is 5.10 Å². The number of hydrogen-bond donors (Lipinski definition) is 3. The summed E-state index contributed by atoms with van der Waals surface area (Å²) >= 11 is 0. The third-order valence-corrected chi connectivity index (χ3v) is 7.20. The number of methoxy groups -OCH3 is 1. The molecular weight excluding hydrogens is 635 g/mol. The van der Waals surface area contributed by atoms with Crippen molar-refractivity contribution in [1.82, 2.24) is 16.1 Å². The van der Waals surface area contributed by atoms with Gasteiger partial charge in [0.1, 0.15) is 12.4 Å². The van der Waals surface area contributed by atoms with Gasteiger partial charge in [0.2, 0.25) is 0 Å². The number of esters is 1. The van der Waals surface area contributed by atoms with E-state index in [1.807, 2.05) is 13.0 Å². The van der Waals surface area contributed by atoms with Gasteiger partial charge >= 0.3 is 12.0 Å². The molecule has 3 amide bonds. The van der Waals surface area contributed by atoms with E-state index in [1.54, 1.807) is 62.4 Å². The van der Waals surface area contributed by atoms with Crippen LogP contribution in [0.4, 0.5) is 9.18 Å². The standard InChI is InChI=1S/C36H39FN4O8/c1-6-11-25-16-23(17-30(46-7-2)34(25)49-20-26-12-9-10-13-27(26)37)19-38-41-31(42)21-48-28-15-14-24(18-29(28)45-5)33-32(35(43)47-8-3)22(4)39-36(44)40-33/h6,9-10,12-19,33H,1,7-8,11,20-21H2,2-5H3,(H,41,42)(H2,39,40,44)/b38-19-/t33-/m1/s1. The molecule has 0 saturated heterocycles. The van der Waals surface area contributed by atoms with Crippen molar-refractivity contribution in [3.63, 3.8) is 0 Å². The molecule has 3 aromatic rings. The number of benzene rings is 3. The number of hydrazone groups is 1. The van der Waals surface area contributed by atoms with E-state index in [2.05, 4.69) is 27.7 Å². The van der Waals surface area contributed by atoms with Crippen LogP contribution in [0.2, 0.25) is 0 Å². The number of halogens is 1. The zero-order chi connectivity index (χ0) is 35.3. The molecule has 13 heteroatoms. The number of rotatable bonds is 16.